The molecular weight excluding hydrogens is 283 g/mol. The van der Waals surface area contributed by atoms with Crippen molar-refractivity contribution >= 4 is 24.0 Å². The summed E-state index contributed by atoms with van der Waals surface area (Å²) >= 11 is 6.18. The number of benzene rings is 1. The van der Waals surface area contributed by atoms with E-state index in [0.717, 1.165) is 50.0 Å². The summed E-state index contributed by atoms with van der Waals surface area (Å²) in [6.07, 6.45) is 2.19. The second-order valence-electron chi connectivity index (χ2n) is 5.28. The lowest BCUT2D eigenvalue weighted by atomic mass is 10.1. The average Bonchev–Trinajstić information content (AvgIpc) is 2.97. The van der Waals surface area contributed by atoms with Crippen LogP contribution in [0.3, 0.4) is 0 Å². The fourth-order valence-corrected chi connectivity index (χ4v) is 3.22. The lowest BCUT2D eigenvalue weighted by Gasteiger charge is -2.18. The zero-order valence-electron chi connectivity index (χ0n) is 10.9. The van der Waals surface area contributed by atoms with E-state index in [0.29, 0.717) is 5.92 Å². The molecule has 3 rings (SSSR count). The first-order valence-corrected chi connectivity index (χ1v) is 7.00. The summed E-state index contributed by atoms with van der Waals surface area (Å²) in [5.74, 6) is 1.72. The van der Waals surface area contributed by atoms with Crippen molar-refractivity contribution in [2.45, 2.75) is 19.4 Å². The molecule has 0 aliphatic carbocycles. The van der Waals surface area contributed by atoms with E-state index >= 15 is 0 Å². The van der Waals surface area contributed by atoms with E-state index in [4.69, 9.17) is 22.1 Å². The van der Waals surface area contributed by atoms with Gasteiger partial charge < -0.3 is 10.5 Å². The summed E-state index contributed by atoms with van der Waals surface area (Å²) in [6, 6.07) is 4.07. The van der Waals surface area contributed by atoms with Crippen molar-refractivity contribution in [2.75, 3.05) is 26.2 Å². The maximum atomic E-state index is 6.18. The Bertz CT molecular complexity index is 453. The number of fused-ring (bicyclic) bond motifs is 1. The minimum Gasteiger partial charge on any atom is -0.493 e. The summed E-state index contributed by atoms with van der Waals surface area (Å²) in [5, 5.41) is 0.823. The zero-order valence-corrected chi connectivity index (χ0v) is 12.5. The van der Waals surface area contributed by atoms with Crippen LogP contribution in [0.1, 0.15) is 17.5 Å². The molecular formula is C14H20Cl2N2O. The van der Waals surface area contributed by atoms with Gasteiger partial charge in [0, 0.05) is 30.1 Å². The topological polar surface area (TPSA) is 38.5 Å². The van der Waals surface area contributed by atoms with E-state index in [2.05, 4.69) is 4.90 Å². The first-order chi connectivity index (χ1) is 8.76. The average molecular weight is 303 g/mol. The van der Waals surface area contributed by atoms with Gasteiger partial charge >= 0.3 is 0 Å². The Morgan fingerprint density at radius 1 is 1.42 bits per heavy atom. The molecule has 3 nitrogen and oxygen atoms in total. The number of nitrogens with zero attached hydrogens (tertiary/aromatic N) is 1. The van der Waals surface area contributed by atoms with E-state index in [9.17, 15) is 0 Å². The van der Waals surface area contributed by atoms with Gasteiger partial charge in [0.15, 0.2) is 0 Å². The number of nitrogens with two attached hydrogens (primary N) is 1. The molecule has 5 heteroatoms. The quantitative estimate of drug-likeness (QED) is 0.932. The van der Waals surface area contributed by atoms with Crippen LogP contribution in [0.25, 0.3) is 0 Å². The highest BCUT2D eigenvalue weighted by Crippen LogP contribution is 2.34. The van der Waals surface area contributed by atoms with Crippen LogP contribution in [0.15, 0.2) is 12.1 Å². The fraction of sp³-hybridized carbons (Fsp3) is 0.571. The Balaban J connectivity index is 0.00000133. The van der Waals surface area contributed by atoms with Crippen LogP contribution >= 0.6 is 24.0 Å². The molecule has 2 aliphatic rings. The van der Waals surface area contributed by atoms with Gasteiger partial charge in [0.2, 0.25) is 0 Å². The van der Waals surface area contributed by atoms with Crippen LogP contribution in [0.5, 0.6) is 5.75 Å². The first-order valence-electron chi connectivity index (χ1n) is 6.63. The van der Waals surface area contributed by atoms with Crippen LogP contribution in [0.4, 0.5) is 0 Å². The Morgan fingerprint density at radius 2 is 2.26 bits per heavy atom. The van der Waals surface area contributed by atoms with Crippen molar-refractivity contribution in [2.24, 2.45) is 11.7 Å². The molecule has 1 fully saturated rings. The van der Waals surface area contributed by atoms with Gasteiger partial charge in [-0.1, -0.05) is 11.6 Å². The van der Waals surface area contributed by atoms with Gasteiger partial charge in [-0.25, -0.2) is 0 Å². The highest BCUT2D eigenvalue weighted by molar-refractivity contribution is 6.30. The number of halogens is 2. The van der Waals surface area contributed by atoms with Crippen LogP contribution < -0.4 is 10.5 Å². The standard InChI is InChI=1S/C14H19ClN2O.ClH/c15-13-5-11-2-4-18-14(11)12(6-13)9-17-3-1-10(7-16)8-17;/h5-6,10H,1-4,7-9,16H2;1H. The van der Waals surface area contributed by atoms with E-state index in [1.165, 1.54) is 17.5 Å². The summed E-state index contributed by atoms with van der Waals surface area (Å²) in [6.45, 7) is 4.73. The molecule has 1 atom stereocenters. The Kier molecular flexibility index (Phi) is 4.96. The Morgan fingerprint density at radius 3 is 3.00 bits per heavy atom. The number of ether oxygens (including phenoxy) is 1. The van der Waals surface area contributed by atoms with Crippen LogP contribution in [0.2, 0.25) is 5.02 Å². The molecule has 0 radical (unpaired) electrons. The van der Waals surface area contributed by atoms with Gasteiger partial charge in [-0.3, -0.25) is 4.90 Å². The van der Waals surface area contributed by atoms with Gasteiger partial charge in [0.1, 0.15) is 5.75 Å². The summed E-state index contributed by atoms with van der Waals surface area (Å²) in [5.41, 5.74) is 8.22. The predicted octanol–water partition coefficient (Wildman–Crippen LogP) is 2.48. The minimum absolute atomic E-state index is 0. The third-order valence-corrected chi connectivity index (χ3v) is 4.14. The van der Waals surface area contributed by atoms with Gasteiger partial charge in [0.05, 0.1) is 6.61 Å². The second kappa shape index (κ2) is 6.31. The lowest BCUT2D eigenvalue weighted by Crippen LogP contribution is -2.23. The molecule has 1 aromatic carbocycles. The van der Waals surface area contributed by atoms with Crippen molar-refractivity contribution in [3.8, 4) is 5.75 Å². The van der Waals surface area contributed by atoms with Crippen molar-refractivity contribution in [1.29, 1.82) is 0 Å². The predicted molar refractivity (Wildman–Crippen MR) is 80.3 cm³/mol. The monoisotopic (exact) mass is 302 g/mol. The van der Waals surface area contributed by atoms with E-state index in [-0.39, 0.29) is 12.4 Å². The Labute approximate surface area is 125 Å². The molecule has 1 unspecified atom stereocenters. The lowest BCUT2D eigenvalue weighted by molar-refractivity contribution is 0.304. The molecule has 0 spiro atoms. The fourth-order valence-electron chi connectivity index (χ4n) is 2.95. The van der Waals surface area contributed by atoms with Crippen molar-refractivity contribution in [1.82, 2.24) is 4.90 Å². The number of rotatable bonds is 3. The molecule has 106 valence electrons. The molecule has 0 amide bonds. The number of hydrogen-bond donors (Lipinski definition) is 1. The minimum atomic E-state index is 0. The molecule has 19 heavy (non-hydrogen) atoms. The molecule has 2 N–H and O–H groups in total. The molecule has 1 saturated heterocycles. The van der Waals surface area contributed by atoms with Crippen molar-refractivity contribution in [3.05, 3.63) is 28.3 Å². The molecule has 0 bridgehead atoms. The second-order valence-corrected chi connectivity index (χ2v) is 5.71. The smallest absolute Gasteiger partial charge is 0.127 e. The molecule has 0 aromatic heterocycles. The zero-order chi connectivity index (χ0) is 12.5. The van der Waals surface area contributed by atoms with E-state index in [1.54, 1.807) is 0 Å². The number of likely N-dealkylation sites (tertiary alicyclic amines) is 1. The SMILES string of the molecule is Cl.NCC1CCN(Cc2cc(Cl)cc3c2OCC3)C1. The summed E-state index contributed by atoms with van der Waals surface area (Å²) in [4.78, 5) is 2.45. The van der Waals surface area contributed by atoms with Gasteiger partial charge in [-0.15, -0.1) is 12.4 Å². The van der Waals surface area contributed by atoms with E-state index in [1.807, 2.05) is 12.1 Å². The highest BCUT2D eigenvalue weighted by atomic mass is 35.5. The largest absolute Gasteiger partial charge is 0.493 e. The van der Waals surface area contributed by atoms with Crippen molar-refractivity contribution in [3.63, 3.8) is 0 Å². The maximum Gasteiger partial charge on any atom is 0.127 e. The summed E-state index contributed by atoms with van der Waals surface area (Å²) < 4.78 is 5.74. The van der Waals surface area contributed by atoms with Gasteiger partial charge in [-0.05, 0) is 43.1 Å². The van der Waals surface area contributed by atoms with Crippen LogP contribution in [-0.4, -0.2) is 31.1 Å². The van der Waals surface area contributed by atoms with E-state index < -0.39 is 0 Å². The highest BCUT2D eigenvalue weighted by Gasteiger charge is 2.24. The third kappa shape index (κ3) is 3.16. The molecule has 1 aromatic rings. The maximum absolute atomic E-state index is 6.18. The third-order valence-electron chi connectivity index (χ3n) is 3.92. The van der Waals surface area contributed by atoms with Gasteiger partial charge in [-0.2, -0.15) is 0 Å². The van der Waals surface area contributed by atoms with Crippen molar-refractivity contribution < 1.29 is 4.74 Å². The van der Waals surface area contributed by atoms with Crippen LogP contribution in [-0.2, 0) is 13.0 Å². The first kappa shape index (κ1) is 14.9. The van der Waals surface area contributed by atoms with Crippen LogP contribution in [0, 0.1) is 5.92 Å². The number of hydrogen-bond acceptors (Lipinski definition) is 3. The molecule has 2 aliphatic heterocycles. The summed E-state index contributed by atoms with van der Waals surface area (Å²) in [7, 11) is 0. The normalized spacial score (nSPS) is 21.9. The Hall–Kier alpha value is -0.480. The molecule has 2 heterocycles. The molecule has 0 saturated carbocycles. The van der Waals surface area contributed by atoms with Gasteiger partial charge in [0.25, 0.3) is 0 Å².